The quantitative estimate of drug-likeness (QED) is 0.188. The van der Waals surface area contributed by atoms with Gasteiger partial charge in [-0.1, -0.05) is 13.3 Å². The first-order valence-corrected chi connectivity index (χ1v) is 11.8. The molecule has 0 heterocycles. The summed E-state index contributed by atoms with van der Waals surface area (Å²) in [6.45, 7) is 6.98. The molecule has 10 heteroatoms. The molecule has 7 nitrogen and oxygen atoms in total. The van der Waals surface area contributed by atoms with Crippen molar-refractivity contribution in [3.63, 3.8) is 0 Å². The number of hydrogen-bond acceptors (Lipinski definition) is 4. The zero-order valence-electron chi connectivity index (χ0n) is 15.4. The number of nitrogens with one attached hydrogen (secondary N) is 3. The zero-order chi connectivity index (χ0) is 18.0. The smallest absolute Gasteiger partial charge is 0.211 e. The normalized spacial score (nSPS) is 22.8. The molecule has 0 radical (unpaired) electrons. The Kier molecular flexibility index (Phi) is 13.3. The highest BCUT2D eigenvalue weighted by Gasteiger charge is 2.25. The van der Waals surface area contributed by atoms with Crippen molar-refractivity contribution in [2.75, 3.05) is 31.1 Å². The fourth-order valence-electron chi connectivity index (χ4n) is 2.73. The molecule has 1 aliphatic rings. The number of sulfonamides is 1. The van der Waals surface area contributed by atoms with Gasteiger partial charge in [-0.15, -0.1) is 24.0 Å². The lowest BCUT2D eigenvalue weighted by Crippen LogP contribution is -2.47. The summed E-state index contributed by atoms with van der Waals surface area (Å²) in [4.78, 5) is 4.43. The predicted molar refractivity (Wildman–Crippen MR) is 117 cm³/mol. The molecule has 25 heavy (non-hydrogen) atoms. The van der Waals surface area contributed by atoms with E-state index in [2.05, 4.69) is 20.3 Å². The first-order chi connectivity index (χ1) is 11.4. The van der Waals surface area contributed by atoms with E-state index in [1.807, 2.05) is 13.8 Å². The molecule has 3 N–H and O–H groups in total. The number of rotatable bonds is 9. The van der Waals surface area contributed by atoms with Gasteiger partial charge in [0.2, 0.25) is 10.0 Å². The molecule has 3 atom stereocenters. The molecule has 1 rings (SSSR count). The van der Waals surface area contributed by atoms with Crippen LogP contribution < -0.4 is 15.4 Å². The van der Waals surface area contributed by atoms with Crippen LogP contribution in [0.3, 0.4) is 0 Å². The maximum Gasteiger partial charge on any atom is 0.211 e. The fourth-order valence-corrected chi connectivity index (χ4v) is 4.69. The summed E-state index contributed by atoms with van der Waals surface area (Å²) in [7, 11) is -3.92. The minimum atomic E-state index is -3.17. The van der Waals surface area contributed by atoms with E-state index < -0.39 is 20.8 Å². The Morgan fingerprint density at radius 3 is 2.56 bits per heavy atom. The number of aliphatic imine (C=N–C) groups is 1. The highest BCUT2D eigenvalue weighted by Crippen LogP contribution is 2.22. The fraction of sp³-hybridized carbons (Fsp3) is 0.933. The molecule has 1 aliphatic carbocycles. The van der Waals surface area contributed by atoms with Crippen LogP contribution >= 0.6 is 24.0 Å². The molecule has 0 saturated heterocycles. The SMILES string of the molecule is CCNC(=NCCNS(=O)(=O)CC)NC1CCCC(S(=O)CC)C1.I. The summed E-state index contributed by atoms with van der Waals surface area (Å²) in [5.41, 5.74) is 0. The van der Waals surface area contributed by atoms with Crippen LogP contribution in [0.5, 0.6) is 0 Å². The van der Waals surface area contributed by atoms with Crippen LogP contribution in [0.2, 0.25) is 0 Å². The third-order valence-electron chi connectivity index (χ3n) is 4.05. The summed E-state index contributed by atoms with van der Waals surface area (Å²) in [6.07, 6.45) is 4.05. The lowest BCUT2D eigenvalue weighted by molar-refractivity contribution is 0.413. The topological polar surface area (TPSA) is 99.7 Å². The molecule has 0 aromatic rings. The minimum Gasteiger partial charge on any atom is -0.357 e. The van der Waals surface area contributed by atoms with Gasteiger partial charge in [0.15, 0.2) is 5.96 Å². The average Bonchev–Trinajstić information content (AvgIpc) is 2.58. The third-order valence-corrected chi connectivity index (χ3v) is 7.20. The average molecular weight is 508 g/mol. The molecule has 0 aromatic carbocycles. The van der Waals surface area contributed by atoms with E-state index in [1.165, 1.54) is 0 Å². The Hall–Kier alpha value is 0.0600. The van der Waals surface area contributed by atoms with E-state index >= 15 is 0 Å². The van der Waals surface area contributed by atoms with Crippen molar-refractivity contribution in [3.8, 4) is 0 Å². The van der Waals surface area contributed by atoms with E-state index in [4.69, 9.17) is 0 Å². The van der Waals surface area contributed by atoms with Gasteiger partial charge in [0.25, 0.3) is 0 Å². The second kappa shape index (κ2) is 13.3. The van der Waals surface area contributed by atoms with Crippen LogP contribution in [0.25, 0.3) is 0 Å². The van der Waals surface area contributed by atoms with Crippen molar-refractivity contribution in [3.05, 3.63) is 0 Å². The van der Waals surface area contributed by atoms with Gasteiger partial charge in [-0.3, -0.25) is 9.20 Å². The van der Waals surface area contributed by atoms with E-state index in [-0.39, 0.29) is 41.0 Å². The first kappa shape index (κ1) is 25.1. The molecule has 3 unspecified atom stereocenters. The van der Waals surface area contributed by atoms with Crippen LogP contribution in [-0.4, -0.2) is 61.0 Å². The number of nitrogens with zero attached hydrogens (tertiary/aromatic N) is 1. The van der Waals surface area contributed by atoms with Gasteiger partial charge in [0, 0.05) is 40.9 Å². The van der Waals surface area contributed by atoms with E-state index in [0.717, 1.165) is 32.2 Å². The maximum absolute atomic E-state index is 12.0. The second-order valence-electron chi connectivity index (χ2n) is 5.86. The largest absolute Gasteiger partial charge is 0.357 e. The minimum absolute atomic E-state index is 0. The highest BCUT2D eigenvalue weighted by molar-refractivity contribution is 14.0. The van der Waals surface area contributed by atoms with Gasteiger partial charge in [-0.25, -0.2) is 13.1 Å². The molecule has 0 aliphatic heterocycles. The van der Waals surface area contributed by atoms with Gasteiger partial charge in [0.1, 0.15) is 0 Å². The molecule has 1 saturated carbocycles. The van der Waals surface area contributed by atoms with Crippen molar-refractivity contribution < 1.29 is 12.6 Å². The lowest BCUT2D eigenvalue weighted by atomic mass is 9.95. The molecule has 1 fully saturated rings. The Morgan fingerprint density at radius 1 is 1.24 bits per heavy atom. The molecular weight excluding hydrogens is 475 g/mol. The Balaban J connectivity index is 0.00000576. The molecule has 0 aromatic heterocycles. The van der Waals surface area contributed by atoms with Crippen LogP contribution in [0, 0.1) is 0 Å². The summed E-state index contributed by atoms with van der Waals surface area (Å²) in [6, 6.07) is 0.268. The molecular formula is C15H33IN4O3S2. The second-order valence-corrected chi connectivity index (χ2v) is 9.96. The molecule has 0 bridgehead atoms. The summed E-state index contributed by atoms with van der Waals surface area (Å²) in [5.74, 6) is 1.48. The summed E-state index contributed by atoms with van der Waals surface area (Å²) in [5, 5.41) is 6.85. The summed E-state index contributed by atoms with van der Waals surface area (Å²) < 4.78 is 37.3. The van der Waals surface area contributed by atoms with Gasteiger partial charge < -0.3 is 10.6 Å². The van der Waals surface area contributed by atoms with E-state index in [0.29, 0.717) is 24.8 Å². The van der Waals surface area contributed by atoms with Gasteiger partial charge in [0.05, 0.1) is 12.3 Å². The van der Waals surface area contributed by atoms with Crippen LogP contribution in [0.4, 0.5) is 0 Å². The number of halogens is 1. The van der Waals surface area contributed by atoms with Gasteiger partial charge >= 0.3 is 0 Å². The Labute approximate surface area is 172 Å². The predicted octanol–water partition coefficient (Wildman–Crippen LogP) is 1.18. The highest BCUT2D eigenvalue weighted by atomic mass is 127. The third kappa shape index (κ3) is 10.1. The van der Waals surface area contributed by atoms with Crippen molar-refractivity contribution >= 4 is 50.8 Å². The van der Waals surface area contributed by atoms with Gasteiger partial charge in [-0.05, 0) is 33.1 Å². The van der Waals surface area contributed by atoms with E-state index in [1.54, 1.807) is 6.92 Å². The standard InChI is InChI=1S/C15H32N4O3S2.HI/c1-4-16-15(17-10-11-18-24(21,22)6-3)19-13-8-7-9-14(12-13)23(20)5-2;/h13-14,18H,4-12H2,1-3H3,(H2,16,17,19);1H. The van der Waals surface area contributed by atoms with Crippen LogP contribution in [0.1, 0.15) is 46.5 Å². The Morgan fingerprint density at radius 2 is 1.96 bits per heavy atom. The van der Waals surface area contributed by atoms with Crippen molar-refractivity contribution in [1.82, 2.24) is 15.4 Å². The molecule has 0 spiro atoms. The molecule has 150 valence electrons. The summed E-state index contributed by atoms with van der Waals surface area (Å²) >= 11 is 0. The first-order valence-electron chi connectivity index (χ1n) is 8.81. The maximum atomic E-state index is 12.0. The number of guanidine groups is 1. The van der Waals surface area contributed by atoms with Crippen molar-refractivity contribution in [2.45, 2.75) is 57.7 Å². The number of hydrogen-bond donors (Lipinski definition) is 3. The molecule has 0 amide bonds. The van der Waals surface area contributed by atoms with E-state index in [9.17, 15) is 12.6 Å². The van der Waals surface area contributed by atoms with Crippen molar-refractivity contribution in [1.29, 1.82) is 0 Å². The zero-order valence-corrected chi connectivity index (χ0v) is 19.4. The van der Waals surface area contributed by atoms with Crippen LogP contribution in [0.15, 0.2) is 4.99 Å². The monoisotopic (exact) mass is 508 g/mol. The Bertz CT molecular complexity index is 529. The van der Waals surface area contributed by atoms with Crippen molar-refractivity contribution in [2.24, 2.45) is 4.99 Å². The van der Waals surface area contributed by atoms with Crippen LogP contribution in [-0.2, 0) is 20.8 Å². The van der Waals surface area contributed by atoms with Gasteiger partial charge in [-0.2, -0.15) is 0 Å². The lowest BCUT2D eigenvalue weighted by Gasteiger charge is -2.30.